The number of benzene rings is 2. The Bertz CT molecular complexity index is 768. The van der Waals surface area contributed by atoms with Crippen molar-refractivity contribution in [2.45, 2.75) is 0 Å². The molecule has 0 spiro atoms. The summed E-state index contributed by atoms with van der Waals surface area (Å²) in [6.45, 7) is -0.614. The van der Waals surface area contributed by atoms with Gasteiger partial charge in [0.15, 0.2) is 6.61 Å². The zero-order chi connectivity index (χ0) is 17.0. The molecule has 3 N–H and O–H groups in total. The molecule has 0 unspecified atom stereocenters. The van der Waals surface area contributed by atoms with Crippen LogP contribution >= 0.6 is 23.2 Å². The maximum Gasteiger partial charge on any atom is 0.340 e. The number of rotatable bonds is 4. The fraction of sp³-hybridized carbons (Fsp3) is 0.0667. The highest BCUT2D eigenvalue weighted by Crippen LogP contribution is 2.20. The third-order valence-corrected chi connectivity index (χ3v) is 3.24. The molecule has 23 heavy (non-hydrogen) atoms. The molecule has 2 aromatic rings. The van der Waals surface area contributed by atoms with Crippen molar-refractivity contribution in [3.63, 3.8) is 0 Å². The van der Waals surface area contributed by atoms with E-state index in [9.17, 15) is 14.0 Å². The van der Waals surface area contributed by atoms with Gasteiger partial charge >= 0.3 is 5.97 Å². The maximum atomic E-state index is 13.5. The molecule has 120 valence electrons. The van der Waals surface area contributed by atoms with E-state index in [0.29, 0.717) is 5.02 Å². The van der Waals surface area contributed by atoms with Crippen molar-refractivity contribution in [3.05, 3.63) is 57.8 Å². The van der Waals surface area contributed by atoms with Gasteiger partial charge in [0.05, 0.1) is 11.3 Å². The number of nitrogens with two attached hydrogens (primary N) is 1. The smallest absolute Gasteiger partial charge is 0.340 e. The van der Waals surface area contributed by atoms with Crippen LogP contribution in [0.3, 0.4) is 0 Å². The van der Waals surface area contributed by atoms with Gasteiger partial charge in [0.2, 0.25) is 0 Å². The number of nitrogen functional groups attached to an aromatic ring is 1. The summed E-state index contributed by atoms with van der Waals surface area (Å²) >= 11 is 11.5. The third-order valence-electron chi connectivity index (χ3n) is 2.77. The molecule has 1 amide bonds. The zero-order valence-corrected chi connectivity index (χ0v) is 13.1. The summed E-state index contributed by atoms with van der Waals surface area (Å²) in [4.78, 5) is 23.6. The molecule has 0 heterocycles. The number of carbonyl (C=O) groups is 2. The Morgan fingerprint density at radius 3 is 2.52 bits per heavy atom. The van der Waals surface area contributed by atoms with Crippen LogP contribution in [-0.2, 0) is 9.53 Å². The van der Waals surface area contributed by atoms with Crippen LogP contribution in [0.15, 0.2) is 36.4 Å². The van der Waals surface area contributed by atoms with E-state index in [4.69, 9.17) is 33.7 Å². The van der Waals surface area contributed by atoms with E-state index >= 15 is 0 Å². The van der Waals surface area contributed by atoms with E-state index in [1.807, 2.05) is 0 Å². The highest BCUT2D eigenvalue weighted by atomic mass is 35.5. The summed E-state index contributed by atoms with van der Waals surface area (Å²) in [6, 6.07) is 7.98. The predicted octanol–water partition coefficient (Wildman–Crippen LogP) is 3.51. The van der Waals surface area contributed by atoms with E-state index in [2.05, 4.69) is 5.32 Å². The van der Waals surface area contributed by atoms with Crippen LogP contribution in [0, 0.1) is 5.82 Å². The van der Waals surface area contributed by atoms with Crippen molar-refractivity contribution < 1.29 is 18.7 Å². The van der Waals surface area contributed by atoms with E-state index in [1.165, 1.54) is 30.3 Å². The fourth-order valence-corrected chi connectivity index (χ4v) is 2.04. The Balaban J connectivity index is 1.97. The number of ether oxygens (including phenoxy) is 1. The van der Waals surface area contributed by atoms with Crippen LogP contribution in [0.1, 0.15) is 10.4 Å². The molecule has 0 aliphatic heterocycles. The molecule has 0 saturated carbocycles. The quantitative estimate of drug-likeness (QED) is 0.648. The average molecular weight is 357 g/mol. The highest BCUT2D eigenvalue weighted by Gasteiger charge is 2.15. The van der Waals surface area contributed by atoms with Gasteiger partial charge in [-0.2, -0.15) is 0 Å². The first-order valence-electron chi connectivity index (χ1n) is 6.34. The topological polar surface area (TPSA) is 81.4 Å². The first kappa shape index (κ1) is 17.1. The van der Waals surface area contributed by atoms with Crippen LogP contribution in [0.25, 0.3) is 0 Å². The van der Waals surface area contributed by atoms with Gasteiger partial charge in [0, 0.05) is 15.7 Å². The summed E-state index contributed by atoms with van der Waals surface area (Å²) in [7, 11) is 0. The van der Waals surface area contributed by atoms with E-state index in [0.717, 1.165) is 6.07 Å². The Kier molecular flexibility index (Phi) is 5.41. The molecule has 0 radical (unpaired) electrons. The number of amides is 1. The Hall–Kier alpha value is -2.31. The summed E-state index contributed by atoms with van der Waals surface area (Å²) in [5.74, 6) is -2.19. The molecule has 0 aliphatic rings. The maximum absolute atomic E-state index is 13.5. The average Bonchev–Trinajstić information content (AvgIpc) is 2.51. The monoisotopic (exact) mass is 356 g/mol. The molecule has 0 saturated heterocycles. The second-order valence-electron chi connectivity index (χ2n) is 4.48. The molecule has 0 aromatic heterocycles. The molecule has 2 aromatic carbocycles. The second-order valence-corrected chi connectivity index (χ2v) is 5.35. The number of anilines is 2. The minimum absolute atomic E-state index is 0.0410. The van der Waals surface area contributed by atoms with E-state index in [1.54, 1.807) is 0 Å². The van der Waals surface area contributed by atoms with Crippen LogP contribution < -0.4 is 11.1 Å². The SMILES string of the molecule is Nc1ccc(Cl)cc1C(=O)OCC(=O)Nc1cc(Cl)ccc1F. The van der Waals surface area contributed by atoms with Gasteiger partial charge in [0.1, 0.15) is 5.82 Å². The first-order chi connectivity index (χ1) is 10.9. The van der Waals surface area contributed by atoms with Crippen LogP contribution in [0.2, 0.25) is 10.0 Å². The van der Waals surface area contributed by atoms with E-state index < -0.39 is 24.3 Å². The molecule has 2 rings (SSSR count). The van der Waals surface area contributed by atoms with Crippen molar-refractivity contribution in [1.82, 2.24) is 0 Å². The van der Waals surface area contributed by atoms with Gasteiger partial charge in [-0.25, -0.2) is 9.18 Å². The van der Waals surface area contributed by atoms with Gasteiger partial charge in [-0.15, -0.1) is 0 Å². The third kappa shape index (κ3) is 4.58. The lowest BCUT2D eigenvalue weighted by atomic mass is 10.2. The zero-order valence-electron chi connectivity index (χ0n) is 11.6. The van der Waals surface area contributed by atoms with Crippen molar-refractivity contribution in [2.24, 2.45) is 0 Å². The fourth-order valence-electron chi connectivity index (χ4n) is 1.69. The number of nitrogens with one attached hydrogen (secondary N) is 1. The molecule has 0 aliphatic carbocycles. The number of halogens is 3. The van der Waals surface area contributed by atoms with Crippen molar-refractivity contribution >= 4 is 46.5 Å². The van der Waals surface area contributed by atoms with Crippen LogP contribution in [0.5, 0.6) is 0 Å². The molecule has 0 bridgehead atoms. The van der Waals surface area contributed by atoms with Gasteiger partial charge in [-0.3, -0.25) is 4.79 Å². The largest absolute Gasteiger partial charge is 0.452 e. The molecule has 8 heteroatoms. The van der Waals surface area contributed by atoms with E-state index in [-0.39, 0.29) is 22.0 Å². The predicted molar refractivity (Wildman–Crippen MR) is 86.2 cm³/mol. The molecular formula is C15H11Cl2FN2O3. The lowest BCUT2D eigenvalue weighted by Gasteiger charge is -2.09. The Labute approximate surface area is 141 Å². The first-order valence-corrected chi connectivity index (χ1v) is 7.09. The summed E-state index contributed by atoms with van der Waals surface area (Å²) in [5.41, 5.74) is 5.73. The van der Waals surface area contributed by atoms with Gasteiger partial charge in [-0.05, 0) is 36.4 Å². The standard InChI is InChI=1S/C15H11Cl2FN2O3/c16-8-2-4-12(19)10(5-8)15(22)23-7-14(21)20-13-6-9(17)1-3-11(13)18/h1-6H,7,19H2,(H,20,21). The lowest BCUT2D eigenvalue weighted by molar-refractivity contribution is -0.119. The normalized spacial score (nSPS) is 10.2. The van der Waals surface area contributed by atoms with Crippen molar-refractivity contribution in [1.29, 1.82) is 0 Å². The van der Waals surface area contributed by atoms with Gasteiger partial charge in [0.25, 0.3) is 5.91 Å². The van der Waals surface area contributed by atoms with Gasteiger partial charge < -0.3 is 15.8 Å². The number of hydrogen-bond acceptors (Lipinski definition) is 4. The highest BCUT2D eigenvalue weighted by molar-refractivity contribution is 6.31. The Morgan fingerprint density at radius 2 is 1.78 bits per heavy atom. The van der Waals surface area contributed by atoms with Crippen LogP contribution in [0.4, 0.5) is 15.8 Å². The van der Waals surface area contributed by atoms with Crippen LogP contribution in [-0.4, -0.2) is 18.5 Å². The number of hydrogen-bond donors (Lipinski definition) is 2. The Morgan fingerprint density at radius 1 is 1.13 bits per heavy atom. The van der Waals surface area contributed by atoms with Crippen molar-refractivity contribution in [3.8, 4) is 0 Å². The minimum Gasteiger partial charge on any atom is -0.452 e. The molecule has 0 atom stereocenters. The lowest BCUT2D eigenvalue weighted by Crippen LogP contribution is -2.21. The number of esters is 1. The molecular weight excluding hydrogens is 346 g/mol. The summed E-state index contributed by atoms with van der Waals surface area (Å²) in [5, 5.41) is 2.81. The van der Waals surface area contributed by atoms with Crippen molar-refractivity contribution in [2.75, 3.05) is 17.7 Å². The summed E-state index contributed by atoms with van der Waals surface area (Å²) in [6.07, 6.45) is 0. The second kappa shape index (κ2) is 7.30. The number of carbonyl (C=O) groups excluding carboxylic acids is 2. The molecule has 5 nitrogen and oxygen atoms in total. The summed E-state index contributed by atoms with van der Waals surface area (Å²) < 4.78 is 18.3. The minimum atomic E-state index is -0.813. The van der Waals surface area contributed by atoms with Gasteiger partial charge in [-0.1, -0.05) is 23.2 Å². The molecule has 0 fully saturated rings.